The van der Waals surface area contributed by atoms with Crippen molar-refractivity contribution < 1.29 is 9.90 Å². The molecule has 2 N–H and O–H groups in total. The molecular weight excluding hydrogens is 178 g/mol. The maximum atomic E-state index is 10.8. The fourth-order valence-corrected chi connectivity index (χ4v) is 1.87. The van der Waals surface area contributed by atoms with E-state index >= 15 is 0 Å². The summed E-state index contributed by atoms with van der Waals surface area (Å²) in [4.78, 5) is 10.8. The highest BCUT2D eigenvalue weighted by Crippen LogP contribution is 2.28. The zero-order chi connectivity index (χ0) is 10.1. The molecule has 1 aromatic rings. The topological polar surface area (TPSA) is 49.3 Å². The van der Waals surface area contributed by atoms with Crippen molar-refractivity contribution in [2.24, 2.45) is 0 Å². The molecule has 0 aliphatic carbocycles. The van der Waals surface area contributed by atoms with E-state index in [0.717, 1.165) is 35.9 Å². The number of aryl methyl sites for hydroxylation is 1. The second-order valence-corrected chi connectivity index (χ2v) is 3.66. The minimum Gasteiger partial charge on any atom is -0.508 e. The number of carbonyl (C=O) groups excluding carboxylic acids is 1. The van der Waals surface area contributed by atoms with E-state index in [2.05, 4.69) is 5.32 Å². The number of aldehydes is 1. The van der Waals surface area contributed by atoms with Crippen LogP contribution >= 0.6 is 0 Å². The smallest absolute Gasteiger partial charge is 0.141 e. The Morgan fingerprint density at radius 3 is 3.07 bits per heavy atom. The highest BCUT2D eigenvalue weighted by atomic mass is 16.3. The third-order valence-electron chi connectivity index (χ3n) is 2.69. The molecule has 0 saturated carbocycles. The van der Waals surface area contributed by atoms with E-state index < -0.39 is 0 Å². The largest absolute Gasteiger partial charge is 0.508 e. The molecule has 1 aromatic carbocycles. The third kappa shape index (κ3) is 1.40. The van der Waals surface area contributed by atoms with Crippen LogP contribution in [0.2, 0.25) is 0 Å². The van der Waals surface area contributed by atoms with Gasteiger partial charge in [0.2, 0.25) is 0 Å². The number of nitrogens with one attached hydrogen (secondary N) is 1. The number of phenolic OH excluding ortho intramolecular Hbond substituents is 1. The lowest BCUT2D eigenvalue weighted by atomic mass is 9.93. The molecule has 1 atom stereocenters. The predicted molar refractivity (Wildman–Crippen MR) is 53.4 cm³/mol. The van der Waals surface area contributed by atoms with Crippen LogP contribution in [0.3, 0.4) is 0 Å². The Bertz CT molecular complexity index is 374. The van der Waals surface area contributed by atoms with Crippen molar-refractivity contribution >= 4 is 6.29 Å². The second kappa shape index (κ2) is 3.42. The Labute approximate surface area is 82.8 Å². The van der Waals surface area contributed by atoms with Crippen LogP contribution < -0.4 is 5.32 Å². The molecule has 0 spiro atoms. The number of phenols is 1. The van der Waals surface area contributed by atoms with Gasteiger partial charge in [0.15, 0.2) is 0 Å². The monoisotopic (exact) mass is 191 g/mol. The maximum Gasteiger partial charge on any atom is 0.141 e. The first-order valence-electron chi connectivity index (χ1n) is 4.73. The Morgan fingerprint density at radius 1 is 1.57 bits per heavy atom. The van der Waals surface area contributed by atoms with Crippen molar-refractivity contribution in [1.82, 2.24) is 5.32 Å². The van der Waals surface area contributed by atoms with Gasteiger partial charge >= 0.3 is 0 Å². The summed E-state index contributed by atoms with van der Waals surface area (Å²) < 4.78 is 0. The molecule has 0 aromatic heterocycles. The normalized spacial score (nSPS) is 20.2. The number of hydrogen-bond acceptors (Lipinski definition) is 3. The molecule has 14 heavy (non-hydrogen) atoms. The lowest BCUT2D eigenvalue weighted by molar-refractivity contribution is -0.109. The van der Waals surface area contributed by atoms with Crippen LogP contribution in [0.5, 0.6) is 5.75 Å². The van der Waals surface area contributed by atoms with E-state index in [0.29, 0.717) is 0 Å². The van der Waals surface area contributed by atoms with Gasteiger partial charge < -0.3 is 15.2 Å². The summed E-state index contributed by atoms with van der Waals surface area (Å²) in [7, 11) is 0. The summed E-state index contributed by atoms with van der Waals surface area (Å²) in [6.07, 6.45) is 1.80. The van der Waals surface area contributed by atoms with Gasteiger partial charge in [-0.25, -0.2) is 0 Å². The Hall–Kier alpha value is -1.35. The van der Waals surface area contributed by atoms with Gasteiger partial charge in [-0.1, -0.05) is 6.07 Å². The molecule has 0 amide bonds. The maximum absolute atomic E-state index is 10.8. The van der Waals surface area contributed by atoms with Gasteiger partial charge in [0.25, 0.3) is 0 Å². The van der Waals surface area contributed by atoms with Crippen molar-refractivity contribution in [3.63, 3.8) is 0 Å². The summed E-state index contributed by atoms with van der Waals surface area (Å²) in [6, 6.07) is 3.39. The molecule has 74 valence electrons. The standard InChI is InChI=1S/C11H13NO2/c1-7-4-8-2-3-12-10(6-13)9(8)5-11(7)14/h4-6,10,12,14H,2-3H2,1H3. The highest BCUT2D eigenvalue weighted by molar-refractivity contribution is 5.64. The predicted octanol–water partition coefficient (Wildman–Crippen LogP) is 1.09. The molecule has 3 heteroatoms. The molecular formula is C11H13NO2. The van der Waals surface area contributed by atoms with Gasteiger partial charge in [-0.05, 0) is 36.1 Å². The molecule has 0 radical (unpaired) electrons. The Morgan fingerprint density at radius 2 is 2.36 bits per heavy atom. The van der Waals surface area contributed by atoms with Crippen LogP contribution in [0.4, 0.5) is 0 Å². The molecule has 0 bridgehead atoms. The van der Waals surface area contributed by atoms with Gasteiger partial charge in [0.1, 0.15) is 12.0 Å². The molecule has 1 aliphatic rings. The quantitative estimate of drug-likeness (QED) is 0.653. The number of benzene rings is 1. The van der Waals surface area contributed by atoms with Gasteiger partial charge in [-0.15, -0.1) is 0 Å². The third-order valence-corrected chi connectivity index (χ3v) is 2.69. The summed E-state index contributed by atoms with van der Waals surface area (Å²) in [5.41, 5.74) is 2.95. The van der Waals surface area contributed by atoms with Gasteiger partial charge in [0.05, 0.1) is 6.04 Å². The minimum atomic E-state index is -0.259. The summed E-state index contributed by atoms with van der Waals surface area (Å²) in [5, 5.41) is 12.6. The van der Waals surface area contributed by atoms with Crippen molar-refractivity contribution in [2.45, 2.75) is 19.4 Å². The SMILES string of the molecule is Cc1cc2c(cc1O)C(C=O)NCC2. The molecule has 0 saturated heterocycles. The summed E-state index contributed by atoms with van der Waals surface area (Å²) in [5.74, 6) is 0.263. The summed E-state index contributed by atoms with van der Waals surface area (Å²) >= 11 is 0. The highest BCUT2D eigenvalue weighted by Gasteiger charge is 2.19. The first kappa shape index (κ1) is 9.21. The lowest BCUT2D eigenvalue weighted by Gasteiger charge is -2.23. The van der Waals surface area contributed by atoms with Crippen LogP contribution in [0.1, 0.15) is 22.7 Å². The minimum absolute atomic E-state index is 0.259. The van der Waals surface area contributed by atoms with E-state index in [1.165, 1.54) is 0 Å². The molecule has 1 unspecified atom stereocenters. The number of aromatic hydroxyl groups is 1. The molecule has 1 aliphatic heterocycles. The van der Waals surface area contributed by atoms with Crippen LogP contribution in [-0.4, -0.2) is 17.9 Å². The van der Waals surface area contributed by atoms with E-state index in [4.69, 9.17) is 0 Å². The van der Waals surface area contributed by atoms with E-state index in [1.807, 2.05) is 13.0 Å². The zero-order valence-corrected chi connectivity index (χ0v) is 8.08. The first-order chi connectivity index (χ1) is 6.72. The number of hydrogen-bond donors (Lipinski definition) is 2. The van der Waals surface area contributed by atoms with Crippen LogP contribution in [-0.2, 0) is 11.2 Å². The molecule has 3 nitrogen and oxygen atoms in total. The van der Waals surface area contributed by atoms with E-state index in [9.17, 15) is 9.90 Å². The number of carbonyl (C=O) groups is 1. The van der Waals surface area contributed by atoms with Crippen molar-refractivity contribution in [3.05, 3.63) is 28.8 Å². The number of fused-ring (bicyclic) bond motifs is 1. The fourth-order valence-electron chi connectivity index (χ4n) is 1.87. The van der Waals surface area contributed by atoms with Crippen LogP contribution in [0.25, 0.3) is 0 Å². The first-order valence-corrected chi connectivity index (χ1v) is 4.73. The second-order valence-electron chi connectivity index (χ2n) is 3.66. The van der Waals surface area contributed by atoms with E-state index in [-0.39, 0.29) is 11.8 Å². The Balaban J connectivity index is 2.52. The Kier molecular flexibility index (Phi) is 2.25. The van der Waals surface area contributed by atoms with Gasteiger partial charge in [-0.2, -0.15) is 0 Å². The van der Waals surface area contributed by atoms with Gasteiger partial charge in [0, 0.05) is 6.54 Å². The van der Waals surface area contributed by atoms with Crippen LogP contribution in [0.15, 0.2) is 12.1 Å². The molecule has 0 fully saturated rings. The fraction of sp³-hybridized carbons (Fsp3) is 0.364. The molecule has 2 rings (SSSR count). The average molecular weight is 191 g/mol. The van der Waals surface area contributed by atoms with Crippen molar-refractivity contribution in [3.8, 4) is 5.75 Å². The zero-order valence-electron chi connectivity index (χ0n) is 8.08. The van der Waals surface area contributed by atoms with Crippen molar-refractivity contribution in [1.29, 1.82) is 0 Å². The van der Waals surface area contributed by atoms with Gasteiger partial charge in [-0.3, -0.25) is 0 Å². The van der Waals surface area contributed by atoms with Crippen molar-refractivity contribution in [2.75, 3.05) is 6.54 Å². The average Bonchev–Trinajstić information content (AvgIpc) is 2.19. The number of rotatable bonds is 1. The lowest BCUT2D eigenvalue weighted by Crippen LogP contribution is -2.30. The van der Waals surface area contributed by atoms with E-state index in [1.54, 1.807) is 6.07 Å². The van der Waals surface area contributed by atoms with Crippen LogP contribution in [0, 0.1) is 6.92 Å². The summed E-state index contributed by atoms with van der Waals surface area (Å²) in [6.45, 7) is 2.69. The molecule has 1 heterocycles.